The van der Waals surface area contributed by atoms with Crippen LogP contribution in [0.2, 0.25) is 0 Å². The summed E-state index contributed by atoms with van der Waals surface area (Å²) < 4.78 is 6.98. The molecule has 140 valence electrons. The zero-order valence-electron chi connectivity index (χ0n) is 14.9. The van der Waals surface area contributed by atoms with E-state index in [1.807, 2.05) is 29.2 Å². The highest BCUT2D eigenvalue weighted by Gasteiger charge is 2.20. The summed E-state index contributed by atoms with van der Waals surface area (Å²) in [5.74, 6) is 0.294. The van der Waals surface area contributed by atoms with E-state index in [1.54, 1.807) is 11.6 Å². The molecule has 1 saturated heterocycles. The van der Waals surface area contributed by atoms with Crippen LogP contribution in [-0.2, 0) is 16.1 Å². The molecule has 0 bridgehead atoms. The summed E-state index contributed by atoms with van der Waals surface area (Å²) in [4.78, 5) is 33.2. The predicted molar refractivity (Wildman–Crippen MR) is 98.4 cm³/mol. The predicted octanol–water partition coefficient (Wildman–Crippen LogP) is 0.0739. The van der Waals surface area contributed by atoms with Crippen molar-refractivity contribution in [2.75, 3.05) is 51.4 Å². The number of carbonyl (C=O) groups excluding carboxylic acids is 1. The van der Waals surface area contributed by atoms with Gasteiger partial charge in [0, 0.05) is 39.6 Å². The third-order valence-electron chi connectivity index (χ3n) is 4.56. The van der Waals surface area contributed by atoms with Crippen LogP contribution < -0.4 is 10.5 Å². The number of fused-ring (bicyclic) bond motifs is 1. The van der Waals surface area contributed by atoms with Crippen LogP contribution in [0.3, 0.4) is 0 Å². The van der Waals surface area contributed by atoms with Crippen molar-refractivity contribution >= 4 is 22.8 Å². The van der Waals surface area contributed by atoms with Crippen LogP contribution in [0.15, 0.2) is 29.1 Å². The summed E-state index contributed by atoms with van der Waals surface area (Å²) >= 11 is 0. The lowest BCUT2D eigenvalue weighted by molar-refractivity contribution is -0.130. The Morgan fingerprint density at radius 3 is 2.77 bits per heavy atom. The maximum absolute atomic E-state index is 13.0. The molecule has 1 N–H and O–H groups in total. The van der Waals surface area contributed by atoms with E-state index in [4.69, 9.17) is 9.84 Å². The minimum atomic E-state index is -0.191. The van der Waals surface area contributed by atoms with Crippen molar-refractivity contribution in [3.8, 4) is 0 Å². The zero-order valence-corrected chi connectivity index (χ0v) is 14.9. The average molecular weight is 360 g/mol. The lowest BCUT2D eigenvalue weighted by atomic mass is 10.2. The van der Waals surface area contributed by atoms with Crippen LogP contribution in [0.1, 0.15) is 6.42 Å². The van der Waals surface area contributed by atoms with Gasteiger partial charge in [0.15, 0.2) is 5.82 Å². The highest BCUT2D eigenvalue weighted by atomic mass is 16.5. The number of hydrogen-bond donors (Lipinski definition) is 1. The Morgan fingerprint density at radius 1 is 1.31 bits per heavy atom. The van der Waals surface area contributed by atoms with E-state index in [0.717, 1.165) is 5.52 Å². The Labute approximate surface area is 151 Å². The van der Waals surface area contributed by atoms with Crippen LogP contribution in [0, 0.1) is 0 Å². The van der Waals surface area contributed by atoms with Crippen LogP contribution in [0.5, 0.6) is 0 Å². The van der Waals surface area contributed by atoms with Crippen LogP contribution >= 0.6 is 0 Å². The molecule has 1 fully saturated rings. The topological polar surface area (TPSA) is 87.9 Å². The summed E-state index contributed by atoms with van der Waals surface area (Å²) in [5, 5.41) is 8.96. The van der Waals surface area contributed by atoms with Crippen molar-refractivity contribution in [3.05, 3.63) is 34.6 Å². The van der Waals surface area contributed by atoms with Crippen molar-refractivity contribution in [1.29, 1.82) is 0 Å². The van der Waals surface area contributed by atoms with Crippen molar-refractivity contribution in [3.63, 3.8) is 0 Å². The van der Waals surface area contributed by atoms with Crippen molar-refractivity contribution in [2.24, 2.45) is 0 Å². The van der Waals surface area contributed by atoms with E-state index in [1.165, 1.54) is 4.90 Å². The number of likely N-dealkylation sites (N-methyl/N-ethyl adjacent to an activating group) is 1. The fraction of sp³-hybridized carbons (Fsp3) is 0.500. The van der Waals surface area contributed by atoms with Crippen molar-refractivity contribution in [2.45, 2.75) is 13.0 Å². The molecule has 1 aliphatic heterocycles. The summed E-state index contributed by atoms with van der Waals surface area (Å²) in [6.07, 6.45) is 0.187. The number of nitrogens with zero attached hydrogens (tertiary/aromatic N) is 4. The first-order chi connectivity index (χ1) is 12.6. The first-order valence-corrected chi connectivity index (χ1v) is 8.79. The minimum absolute atomic E-state index is 0.0818. The molecular weight excluding hydrogens is 336 g/mol. The number of aryl methyl sites for hydroxylation is 1. The fourth-order valence-electron chi connectivity index (χ4n) is 3.06. The molecule has 8 nitrogen and oxygen atoms in total. The second kappa shape index (κ2) is 8.29. The highest BCUT2D eigenvalue weighted by molar-refractivity contribution is 5.78. The van der Waals surface area contributed by atoms with E-state index in [-0.39, 0.29) is 37.6 Å². The van der Waals surface area contributed by atoms with Gasteiger partial charge in [0.25, 0.3) is 5.56 Å². The number of anilines is 1. The summed E-state index contributed by atoms with van der Waals surface area (Å²) in [5.41, 5.74) is 1.25. The normalized spacial score (nSPS) is 14.6. The second-order valence-electron chi connectivity index (χ2n) is 6.27. The first kappa shape index (κ1) is 18.3. The molecule has 1 amide bonds. The lowest BCUT2D eigenvalue weighted by Crippen LogP contribution is -2.41. The number of amides is 1. The number of hydrogen-bond acceptors (Lipinski definition) is 6. The number of morpholine rings is 1. The van der Waals surface area contributed by atoms with Gasteiger partial charge in [-0.05, 0) is 12.1 Å². The minimum Gasteiger partial charge on any atom is -0.395 e. The Bertz CT molecular complexity index is 830. The van der Waals surface area contributed by atoms with Gasteiger partial charge in [0.2, 0.25) is 5.91 Å². The Hall–Kier alpha value is -2.45. The molecule has 0 radical (unpaired) electrons. The first-order valence-electron chi connectivity index (χ1n) is 8.79. The summed E-state index contributed by atoms with van der Waals surface area (Å²) in [7, 11) is 1.64. The molecule has 0 unspecified atom stereocenters. The van der Waals surface area contributed by atoms with E-state index in [2.05, 4.69) is 4.98 Å². The van der Waals surface area contributed by atoms with Gasteiger partial charge in [0.1, 0.15) is 0 Å². The summed E-state index contributed by atoms with van der Waals surface area (Å²) in [6.45, 7) is 2.85. The molecule has 3 rings (SSSR count). The highest BCUT2D eigenvalue weighted by Crippen LogP contribution is 2.16. The number of aliphatic hydroxyl groups is 1. The van der Waals surface area contributed by atoms with Gasteiger partial charge in [-0.3, -0.25) is 9.59 Å². The molecule has 1 aromatic carbocycles. The fourth-order valence-corrected chi connectivity index (χ4v) is 3.06. The standard InChI is InChI=1S/C18H24N4O4/c1-20(8-11-23)16(24)6-7-22-15-5-3-2-4-14(15)19-17(18(22)25)21-9-12-26-13-10-21/h2-5,23H,6-13H2,1H3. The van der Waals surface area contributed by atoms with E-state index in [0.29, 0.717) is 37.6 Å². The van der Waals surface area contributed by atoms with Gasteiger partial charge < -0.3 is 24.2 Å². The van der Waals surface area contributed by atoms with Crippen molar-refractivity contribution in [1.82, 2.24) is 14.5 Å². The number of rotatable bonds is 6. The van der Waals surface area contributed by atoms with Gasteiger partial charge in [-0.2, -0.15) is 0 Å². The molecule has 1 aromatic heterocycles. The van der Waals surface area contributed by atoms with Crippen molar-refractivity contribution < 1.29 is 14.6 Å². The van der Waals surface area contributed by atoms with Crippen LogP contribution in [0.25, 0.3) is 11.0 Å². The number of para-hydroxylation sites is 2. The summed E-state index contributed by atoms with van der Waals surface area (Å²) in [6, 6.07) is 7.45. The van der Waals surface area contributed by atoms with Gasteiger partial charge in [-0.1, -0.05) is 12.1 Å². The molecule has 0 spiro atoms. The van der Waals surface area contributed by atoms with Gasteiger partial charge >= 0.3 is 0 Å². The monoisotopic (exact) mass is 360 g/mol. The lowest BCUT2D eigenvalue weighted by Gasteiger charge is -2.28. The molecule has 0 aliphatic carbocycles. The second-order valence-corrected chi connectivity index (χ2v) is 6.27. The van der Waals surface area contributed by atoms with E-state index >= 15 is 0 Å². The van der Waals surface area contributed by atoms with E-state index in [9.17, 15) is 9.59 Å². The number of carbonyl (C=O) groups is 1. The molecule has 0 saturated carbocycles. The largest absolute Gasteiger partial charge is 0.395 e. The van der Waals surface area contributed by atoms with Gasteiger partial charge in [-0.25, -0.2) is 4.98 Å². The Morgan fingerprint density at radius 2 is 2.04 bits per heavy atom. The van der Waals surface area contributed by atoms with Crippen LogP contribution in [-0.4, -0.2) is 72.0 Å². The third kappa shape index (κ3) is 3.86. The van der Waals surface area contributed by atoms with Crippen LogP contribution in [0.4, 0.5) is 5.82 Å². The molecule has 2 aromatic rings. The van der Waals surface area contributed by atoms with Gasteiger partial charge in [0.05, 0.1) is 30.9 Å². The number of aliphatic hydroxyl groups excluding tert-OH is 1. The zero-order chi connectivity index (χ0) is 18.5. The average Bonchev–Trinajstić information content (AvgIpc) is 2.67. The molecule has 2 heterocycles. The smallest absolute Gasteiger partial charge is 0.294 e. The SMILES string of the molecule is CN(CCO)C(=O)CCn1c(=O)c(N2CCOCC2)nc2ccccc21. The Balaban J connectivity index is 1.93. The molecule has 8 heteroatoms. The third-order valence-corrected chi connectivity index (χ3v) is 4.56. The molecule has 1 aliphatic rings. The van der Waals surface area contributed by atoms with E-state index < -0.39 is 0 Å². The molecular formula is C18H24N4O4. The number of aromatic nitrogens is 2. The quantitative estimate of drug-likeness (QED) is 0.785. The van der Waals surface area contributed by atoms with Gasteiger partial charge in [-0.15, -0.1) is 0 Å². The number of benzene rings is 1. The Kier molecular flexibility index (Phi) is 5.85. The maximum atomic E-state index is 13.0. The maximum Gasteiger partial charge on any atom is 0.294 e. The molecule has 0 atom stereocenters. The molecule has 26 heavy (non-hydrogen) atoms. The number of ether oxygens (including phenoxy) is 1.